The molecule has 0 spiro atoms. The van der Waals surface area contributed by atoms with Gasteiger partial charge in [-0.2, -0.15) is 0 Å². The van der Waals surface area contributed by atoms with E-state index in [-0.39, 0.29) is 5.15 Å². The van der Waals surface area contributed by atoms with Gasteiger partial charge in [0.15, 0.2) is 5.15 Å². The van der Waals surface area contributed by atoms with Crippen LogP contribution in [0.25, 0.3) is 11.3 Å². The van der Waals surface area contributed by atoms with E-state index >= 15 is 0 Å². The summed E-state index contributed by atoms with van der Waals surface area (Å²) in [6.45, 7) is 0. The third-order valence-corrected chi connectivity index (χ3v) is 2.59. The van der Waals surface area contributed by atoms with E-state index in [1.807, 2.05) is 30.3 Å². The Morgan fingerprint density at radius 1 is 1.07 bits per heavy atom. The minimum atomic E-state index is 0.276. The molecule has 15 heavy (non-hydrogen) atoms. The van der Waals surface area contributed by atoms with Crippen molar-refractivity contribution in [2.45, 2.75) is 0 Å². The molecule has 0 aliphatic carbocycles. The van der Waals surface area contributed by atoms with Gasteiger partial charge >= 0.3 is 0 Å². The van der Waals surface area contributed by atoms with E-state index < -0.39 is 0 Å². The minimum Gasteiger partial charge on any atom is -0.396 e. The molecule has 0 saturated carbocycles. The van der Waals surface area contributed by atoms with Gasteiger partial charge in [0.05, 0.1) is 16.4 Å². The zero-order valence-corrected chi connectivity index (χ0v) is 9.26. The highest BCUT2D eigenvalue weighted by Crippen LogP contribution is 2.30. The lowest BCUT2D eigenvalue weighted by molar-refractivity contribution is 1.33. The minimum absolute atomic E-state index is 0.276. The second-order valence-corrected chi connectivity index (χ2v) is 3.83. The second kappa shape index (κ2) is 4.09. The number of hydrogen-bond acceptors (Lipinski definition) is 2. The van der Waals surface area contributed by atoms with Crippen molar-refractivity contribution in [3.8, 4) is 11.3 Å². The predicted molar refractivity (Wildman–Crippen MR) is 64.1 cm³/mol. The number of nitrogens with zero attached hydrogens (tertiary/aromatic N) is 1. The van der Waals surface area contributed by atoms with Gasteiger partial charge in [0, 0.05) is 5.56 Å². The molecule has 0 unspecified atom stereocenters. The molecule has 0 aliphatic rings. The number of pyridine rings is 1. The molecule has 0 aliphatic heterocycles. The fourth-order valence-corrected chi connectivity index (χ4v) is 1.69. The first-order valence-electron chi connectivity index (χ1n) is 4.35. The summed E-state index contributed by atoms with van der Waals surface area (Å²) in [5.41, 5.74) is 7.55. The van der Waals surface area contributed by atoms with Crippen LogP contribution in [0, 0.1) is 0 Å². The summed E-state index contributed by atoms with van der Waals surface area (Å²) in [6.07, 6.45) is 0. The Morgan fingerprint density at radius 2 is 1.73 bits per heavy atom. The van der Waals surface area contributed by atoms with Crippen molar-refractivity contribution in [2.24, 2.45) is 0 Å². The van der Waals surface area contributed by atoms with E-state index in [0.717, 1.165) is 5.56 Å². The third kappa shape index (κ3) is 2.06. The number of hydrogen-bond donors (Lipinski definition) is 1. The summed E-state index contributed by atoms with van der Waals surface area (Å²) < 4.78 is 0. The topological polar surface area (TPSA) is 38.9 Å². The molecular formula is C11H8Cl2N2. The van der Waals surface area contributed by atoms with Crippen LogP contribution < -0.4 is 5.73 Å². The van der Waals surface area contributed by atoms with Gasteiger partial charge < -0.3 is 5.73 Å². The highest BCUT2D eigenvalue weighted by atomic mass is 35.5. The van der Waals surface area contributed by atoms with Crippen molar-refractivity contribution in [1.29, 1.82) is 0 Å². The zero-order chi connectivity index (χ0) is 10.8. The SMILES string of the molecule is Nc1cc(Cl)c(-c2ccccc2)nc1Cl. The fourth-order valence-electron chi connectivity index (χ4n) is 1.28. The Hall–Kier alpha value is -1.25. The summed E-state index contributed by atoms with van der Waals surface area (Å²) in [4.78, 5) is 4.15. The van der Waals surface area contributed by atoms with Gasteiger partial charge in [0.2, 0.25) is 0 Å². The molecule has 1 aromatic carbocycles. The molecule has 0 bridgehead atoms. The van der Waals surface area contributed by atoms with Crippen molar-refractivity contribution in [3.05, 3.63) is 46.6 Å². The van der Waals surface area contributed by atoms with Crippen LogP contribution in [0.3, 0.4) is 0 Å². The first-order chi connectivity index (χ1) is 7.18. The van der Waals surface area contributed by atoms with Gasteiger partial charge in [0.1, 0.15) is 0 Å². The Morgan fingerprint density at radius 3 is 2.40 bits per heavy atom. The molecule has 2 rings (SSSR count). The van der Waals surface area contributed by atoms with Crippen LogP contribution in [-0.2, 0) is 0 Å². The number of nitrogen functional groups attached to an aromatic ring is 1. The lowest BCUT2D eigenvalue weighted by atomic mass is 10.1. The first kappa shape index (κ1) is 10.3. The second-order valence-electron chi connectivity index (χ2n) is 3.06. The Labute approximate surface area is 97.7 Å². The third-order valence-electron chi connectivity index (χ3n) is 2.00. The molecule has 1 heterocycles. The number of aromatic nitrogens is 1. The van der Waals surface area contributed by atoms with Gasteiger partial charge in [-0.3, -0.25) is 0 Å². The molecule has 4 heteroatoms. The van der Waals surface area contributed by atoms with Crippen molar-refractivity contribution >= 4 is 28.9 Å². The number of anilines is 1. The van der Waals surface area contributed by atoms with E-state index in [1.165, 1.54) is 0 Å². The summed E-state index contributed by atoms with van der Waals surface area (Å²) in [7, 11) is 0. The molecule has 0 amide bonds. The molecule has 76 valence electrons. The van der Waals surface area contributed by atoms with Crippen LogP contribution in [-0.4, -0.2) is 4.98 Å². The maximum Gasteiger partial charge on any atom is 0.152 e. The smallest absolute Gasteiger partial charge is 0.152 e. The van der Waals surface area contributed by atoms with Crippen LogP contribution >= 0.6 is 23.2 Å². The van der Waals surface area contributed by atoms with Crippen molar-refractivity contribution < 1.29 is 0 Å². The zero-order valence-electron chi connectivity index (χ0n) is 7.74. The van der Waals surface area contributed by atoms with Gasteiger partial charge in [0.25, 0.3) is 0 Å². The highest BCUT2D eigenvalue weighted by Gasteiger charge is 2.08. The number of halogens is 2. The number of rotatable bonds is 1. The van der Waals surface area contributed by atoms with E-state index in [0.29, 0.717) is 16.4 Å². The maximum atomic E-state index is 6.03. The molecule has 2 nitrogen and oxygen atoms in total. The van der Waals surface area contributed by atoms with Gasteiger partial charge in [-0.05, 0) is 6.07 Å². The van der Waals surface area contributed by atoms with Crippen molar-refractivity contribution in [2.75, 3.05) is 5.73 Å². The summed E-state index contributed by atoms with van der Waals surface area (Å²) in [5.74, 6) is 0. The Kier molecular flexibility index (Phi) is 2.80. The first-order valence-corrected chi connectivity index (χ1v) is 5.11. The average Bonchev–Trinajstić information content (AvgIpc) is 2.25. The summed E-state index contributed by atoms with van der Waals surface area (Å²) in [5, 5.41) is 0.779. The number of benzene rings is 1. The Bertz CT molecular complexity index is 483. The van der Waals surface area contributed by atoms with Gasteiger partial charge in [-0.25, -0.2) is 4.98 Å². The average molecular weight is 239 g/mol. The van der Waals surface area contributed by atoms with Crippen molar-refractivity contribution in [1.82, 2.24) is 4.98 Å². The lowest BCUT2D eigenvalue weighted by Gasteiger charge is -2.05. The van der Waals surface area contributed by atoms with Crippen LogP contribution in [0.4, 0.5) is 5.69 Å². The van der Waals surface area contributed by atoms with E-state index in [2.05, 4.69) is 4.98 Å². The van der Waals surface area contributed by atoms with Gasteiger partial charge in [-0.1, -0.05) is 53.5 Å². The lowest BCUT2D eigenvalue weighted by Crippen LogP contribution is -1.92. The maximum absolute atomic E-state index is 6.03. The van der Waals surface area contributed by atoms with Gasteiger partial charge in [-0.15, -0.1) is 0 Å². The predicted octanol–water partition coefficient (Wildman–Crippen LogP) is 3.64. The van der Waals surface area contributed by atoms with Crippen LogP contribution in [0.2, 0.25) is 10.2 Å². The molecule has 0 radical (unpaired) electrons. The number of nitrogens with two attached hydrogens (primary N) is 1. The normalized spacial score (nSPS) is 10.3. The molecule has 2 N–H and O–H groups in total. The molecule has 0 saturated heterocycles. The van der Waals surface area contributed by atoms with Crippen LogP contribution in [0.5, 0.6) is 0 Å². The van der Waals surface area contributed by atoms with E-state index in [4.69, 9.17) is 28.9 Å². The highest BCUT2D eigenvalue weighted by molar-refractivity contribution is 6.35. The largest absolute Gasteiger partial charge is 0.396 e. The molecule has 2 aromatic rings. The summed E-state index contributed by atoms with van der Waals surface area (Å²) in [6, 6.07) is 11.2. The van der Waals surface area contributed by atoms with Crippen LogP contribution in [0.1, 0.15) is 0 Å². The standard InChI is InChI=1S/C11H8Cl2N2/c12-8-6-9(14)11(13)15-10(8)7-4-2-1-3-5-7/h1-6H,14H2. The molecule has 1 aromatic heterocycles. The quantitative estimate of drug-likeness (QED) is 0.771. The van der Waals surface area contributed by atoms with Crippen LogP contribution in [0.15, 0.2) is 36.4 Å². The monoisotopic (exact) mass is 238 g/mol. The van der Waals surface area contributed by atoms with E-state index in [1.54, 1.807) is 6.07 Å². The molecule has 0 atom stereocenters. The Balaban J connectivity index is 2.59. The van der Waals surface area contributed by atoms with E-state index in [9.17, 15) is 0 Å². The molecule has 0 fully saturated rings. The molecular weight excluding hydrogens is 231 g/mol. The van der Waals surface area contributed by atoms with Crippen molar-refractivity contribution in [3.63, 3.8) is 0 Å². The fraction of sp³-hybridized carbons (Fsp3) is 0. The summed E-state index contributed by atoms with van der Waals surface area (Å²) >= 11 is 11.9.